The van der Waals surface area contributed by atoms with E-state index in [9.17, 15) is 9.90 Å². The molecular weight excluding hydrogens is 366 g/mol. The second-order valence-corrected chi connectivity index (χ2v) is 9.11. The topological polar surface area (TPSA) is 92.9 Å². The van der Waals surface area contributed by atoms with Crippen LogP contribution in [0.4, 0.5) is 0 Å². The Kier molecular flexibility index (Phi) is 3.73. The maximum atomic E-state index is 12.8. The summed E-state index contributed by atoms with van der Waals surface area (Å²) in [4.78, 5) is 14.6. The Labute approximate surface area is 162 Å². The van der Waals surface area contributed by atoms with E-state index in [1.165, 1.54) is 18.8 Å². The van der Waals surface area contributed by atoms with Crippen LogP contribution in [-0.2, 0) is 16.8 Å². The Morgan fingerprint density at radius 3 is 2.74 bits per heavy atom. The molecule has 0 aliphatic heterocycles. The molecule has 27 heavy (non-hydrogen) atoms. The highest BCUT2D eigenvalue weighted by molar-refractivity contribution is 6.32. The number of hydrogen-bond acceptors (Lipinski definition) is 5. The van der Waals surface area contributed by atoms with Gasteiger partial charge < -0.3 is 10.4 Å². The summed E-state index contributed by atoms with van der Waals surface area (Å²) in [5.41, 5.74) is 0.498. The number of carbonyl (C=O) groups is 1. The predicted molar refractivity (Wildman–Crippen MR) is 98.2 cm³/mol. The van der Waals surface area contributed by atoms with Gasteiger partial charge in [-0.1, -0.05) is 17.7 Å². The number of hydrogen-bond donors (Lipinski definition) is 2. The highest BCUT2D eigenvalue weighted by atomic mass is 35.5. The first-order chi connectivity index (χ1) is 13.0. The van der Waals surface area contributed by atoms with Crippen LogP contribution in [0.3, 0.4) is 0 Å². The van der Waals surface area contributed by atoms with Crippen LogP contribution in [0.5, 0.6) is 5.75 Å². The Morgan fingerprint density at radius 2 is 2.07 bits per heavy atom. The van der Waals surface area contributed by atoms with E-state index in [1.807, 2.05) is 0 Å². The van der Waals surface area contributed by atoms with Crippen molar-refractivity contribution in [2.75, 3.05) is 0 Å². The number of nitrogens with zero attached hydrogens (tertiary/aromatic N) is 4. The lowest BCUT2D eigenvalue weighted by Gasteiger charge is -2.61. The monoisotopic (exact) mass is 387 g/mol. The first kappa shape index (κ1) is 17.0. The molecule has 1 amide bonds. The fourth-order valence-electron chi connectivity index (χ4n) is 6.16. The molecule has 0 radical (unpaired) electrons. The molecule has 0 spiro atoms. The Balaban J connectivity index is 1.36. The van der Waals surface area contributed by atoms with Crippen molar-refractivity contribution in [1.29, 1.82) is 0 Å². The van der Waals surface area contributed by atoms with Crippen molar-refractivity contribution in [2.45, 2.75) is 56.0 Å². The maximum absolute atomic E-state index is 12.8. The Bertz CT molecular complexity index is 870. The van der Waals surface area contributed by atoms with Crippen molar-refractivity contribution in [3.63, 3.8) is 0 Å². The van der Waals surface area contributed by atoms with Gasteiger partial charge in [0.2, 0.25) is 5.91 Å². The average molecular weight is 388 g/mol. The van der Waals surface area contributed by atoms with E-state index in [4.69, 9.17) is 11.6 Å². The van der Waals surface area contributed by atoms with Gasteiger partial charge in [0.15, 0.2) is 6.33 Å². The normalized spacial score (nSPS) is 34.0. The number of aromatic hydroxyl groups is 1. The van der Waals surface area contributed by atoms with E-state index in [2.05, 4.69) is 20.7 Å². The van der Waals surface area contributed by atoms with E-state index >= 15 is 0 Å². The van der Waals surface area contributed by atoms with E-state index in [1.54, 1.807) is 16.9 Å². The highest BCUT2D eigenvalue weighted by Crippen LogP contribution is 2.60. The van der Waals surface area contributed by atoms with Gasteiger partial charge in [0.1, 0.15) is 5.75 Å². The molecule has 2 aromatic rings. The molecule has 2 unspecified atom stereocenters. The molecule has 4 atom stereocenters. The van der Waals surface area contributed by atoms with E-state index in [0.717, 1.165) is 37.7 Å². The zero-order chi connectivity index (χ0) is 18.6. The van der Waals surface area contributed by atoms with Gasteiger partial charge in [0.25, 0.3) is 0 Å². The van der Waals surface area contributed by atoms with Crippen LogP contribution in [0.2, 0.25) is 5.02 Å². The number of tetrazole rings is 1. The minimum atomic E-state index is -0.185. The van der Waals surface area contributed by atoms with E-state index < -0.39 is 0 Å². The molecule has 1 heterocycles. The van der Waals surface area contributed by atoms with Crippen LogP contribution in [-0.4, -0.2) is 36.8 Å². The molecule has 4 aliphatic carbocycles. The van der Waals surface area contributed by atoms with Gasteiger partial charge >= 0.3 is 0 Å². The maximum Gasteiger partial charge on any atom is 0.224 e. The fourth-order valence-corrected chi connectivity index (χ4v) is 6.37. The van der Waals surface area contributed by atoms with Gasteiger partial charge in [0.05, 0.1) is 17.0 Å². The molecule has 4 aliphatic rings. The van der Waals surface area contributed by atoms with Gasteiger partial charge in [-0.05, 0) is 73.3 Å². The summed E-state index contributed by atoms with van der Waals surface area (Å²) in [6, 6.07) is 4.92. The number of phenols is 1. The number of aromatic nitrogens is 4. The van der Waals surface area contributed by atoms with Crippen LogP contribution < -0.4 is 5.32 Å². The van der Waals surface area contributed by atoms with Crippen LogP contribution in [0.1, 0.15) is 44.1 Å². The third kappa shape index (κ3) is 2.88. The predicted octanol–water partition coefficient (Wildman–Crippen LogP) is 2.44. The number of carbonyl (C=O) groups excluding carboxylic acids is 1. The average Bonchev–Trinajstić information content (AvgIpc) is 3.12. The van der Waals surface area contributed by atoms with Gasteiger partial charge in [-0.15, -0.1) is 10.2 Å². The van der Waals surface area contributed by atoms with Crippen molar-refractivity contribution in [3.05, 3.63) is 35.1 Å². The summed E-state index contributed by atoms with van der Waals surface area (Å²) >= 11 is 5.97. The lowest BCUT2D eigenvalue weighted by atomic mass is 9.50. The Hall–Kier alpha value is -2.15. The lowest BCUT2D eigenvalue weighted by molar-refractivity contribution is -0.130. The fraction of sp³-hybridized carbons (Fsp3) is 0.579. The minimum Gasteiger partial charge on any atom is -0.506 e. The summed E-state index contributed by atoms with van der Waals surface area (Å²) in [5.74, 6) is 1.23. The first-order valence-corrected chi connectivity index (χ1v) is 9.85. The largest absolute Gasteiger partial charge is 0.506 e. The summed E-state index contributed by atoms with van der Waals surface area (Å²) in [5, 5.41) is 25.7. The van der Waals surface area contributed by atoms with Gasteiger partial charge in [-0.25, -0.2) is 0 Å². The number of amides is 1. The number of benzene rings is 1. The van der Waals surface area contributed by atoms with Gasteiger partial charge in [-0.2, -0.15) is 4.80 Å². The summed E-state index contributed by atoms with van der Waals surface area (Å²) in [7, 11) is 0. The Morgan fingerprint density at radius 1 is 1.30 bits per heavy atom. The number of nitrogens with one attached hydrogen (secondary N) is 1. The van der Waals surface area contributed by atoms with Crippen LogP contribution in [0.25, 0.3) is 0 Å². The summed E-state index contributed by atoms with van der Waals surface area (Å²) in [6.07, 6.45) is 8.07. The zero-order valence-electron chi connectivity index (χ0n) is 14.9. The van der Waals surface area contributed by atoms with Crippen molar-refractivity contribution < 1.29 is 9.90 Å². The third-order valence-corrected chi connectivity index (χ3v) is 6.89. The van der Waals surface area contributed by atoms with Crippen LogP contribution in [0.15, 0.2) is 24.5 Å². The highest BCUT2D eigenvalue weighted by Gasteiger charge is 2.60. The van der Waals surface area contributed by atoms with E-state index in [-0.39, 0.29) is 34.2 Å². The first-order valence-electron chi connectivity index (χ1n) is 9.47. The molecule has 0 saturated heterocycles. The molecule has 4 saturated carbocycles. The molecule has 2 N–H and O–H groups in total. The molecule has 4 fully saturated rings. The van der Waals surface area contributed by atoms with Crippen LogP contribution in [0, 0.1) is 11.8 Å². The summed E-state index contributed by atoms with van der Waals surface area (Å²) < 4.78 is 0. The molecule has 6 rings (SSSR count). The van der Waals surface area contributed by atoms with E-state index in [0.29, 0.717) is 11.8 Å². The second-order valence-electron chi connectivity index (χ2n) is 8.70. The van der Waals surface area contributed by atoms with Crippen molar-refractivity contribution >= 4 is 17.5 Å². The molecule has 1 aromatic carbocycles. The van der Waals surface area contributed by atoms with Crippen molar-refractivity contribution in [1.82, 2.24) is 25.5 Å². The standard InChI is InChI=1S/C19H22ClN5O2/c20-15-4-12(1-2-16(15)26)5-17(27)23-18-6-13-3-14(7-18)9-19(8-13,10-18)25-22-11-21-24-25/h1-2,4,11,13-14,26H,3,5-10H2,(H,23,27)/t13-,14+,18?,19?. The number of rotatable bonds is 4. The molecule has 8 heteroatoms. The zero-order valence-corrected chi connectivity index (χ0v) is 15.7. The lowest BCUT2D eigenvalue weighted by Crippen LogP contribution is -2.66. The quantitative estimate of drug-likeness (QED) is 0.840. The smallest absolute Gasteiger partial charge is 0.224 e. The molecular formula is C19H22ClN5O2. The van der Waals surface area contributed by atoms with Crippen molar-refractivity contribution in [3.8, 4) is 5.75 Å². The van der Waals surface area contributed by atoms with Crippen molar-refractivity contribution in [2.24, 2.45) is 11.8 Å². The molecule has 142 valence electrons. The summed E-state index contributed by atoms with van der Waals surface area (Å²) in [6.45, 7) is 0. The van der Waals surface area contributed by atoms with Gasteiger partial charge in [-0.3, -0.25) is 4.79 Å². The second kappa shape index (κ2) is 5.92. The molecule has 4 bridgehead atoms. The number of phenolic OH excluding ortho intramolecular Hbond substituents is 1. The molecule has 7 nitrogen and oxygen atoms in total. The SMILES string of the molecule is O=C(Cc1ccc(O)c(Cl)c1)NC12C[C@H]3C[C@@H](C1)CC(n1ncnn1)(C3)C2. The van der Waals surface area contributed by atoms with Gasteiger partial charge in [0, 0.05) is 5.54 Å². The molecule has 1 aromatic heterocycles. The minimum absolute atomic E-state index is 0.000376. The van der Waals surface area contributed by atoms with Crippen LogP contribution >= 0.6 is 11.6 Å². The third-order valence-electron chi connectivity index (χ3n) is 6.58. The number of halogens is 1.